The molecule has 2 aromatic rings. The Hall–Kier alpha value is -2.34. The first-order valence-corrected chi connectivity index (χ1v) is 8.74. The first-order chi connectivity index (χ1) is 12.0. The zero-order valence-electron chi connectivity index (χ0n) is 14.5. The van der Waals surface area contributed by atoms with Crippen LogP contribution in [-0.4, -0.2) is 43.1 Å². The molecule has 0 saturated carbocycles. The molecule has 1 aliphatic rings. The summed E-state index contributed by atoms with van der Waals surface area (Å²) in [7, 11) is 3.82. The summed E-state index contributed by atoms with van der Waals surface area (Å²) in [6.45, 7) is 1.96. The van der Waals surface area contributed by atoms with E-state index >= 15 is 0 Å². The van der Waals surface area contributed by atoms with Crippen LogP contribution in [0, 0.1) is 0 Å². The molecule has 0 unspecified atom stereocenters. The summed E-state index contributed by atoms with van der Waals surface area (Å²) < 4.78 is 0. The highest BCUT2D eigenvalue weighted by atomic mass is 35.5. The monoisotopic (exact) mass is 359 g/mol. The van der Waals surface area contributed by atoms with Crippen LogP contribution in [0.3, 0.4) is 0 Å². The van der Waals surface area contributed by atoms with Gasteiger partial charge in [0, 0.05) is 32.2 Å². The van der Waals surface area contributed by atoms with Crippen LogP contribution in [0.5, 0.6) is 0 Å². The second-order valence-electron chi connectivity index (χ2n) is 6.35. The number of amides is 1. The molecular weight excluding hydrogens is 338 g/mol. The Bertz CT molecular complexity index is 742. The zero-order valence-corrected chi connectivity index (χ0v) is 15.3. The standard InChI is InChI=1S/C18H22ClN5O/c1-23(2)17-15(12-20-18(22-17)24-9-3-4-10-24)21-16(25)11-13-5-7-14(19)8-6-13/h5-8,12H,3-4,9-11H2,1-2H3,(H,21,25). The number of hydrogen-bond acceptors (Lipinski definition) is 5. The smallest absolute Gasteiger partial charge is 0.228 e. The Kier molecular flexibility index (Phi) is 5.38. The van der Waals surface area contributed by atoms with E-state index in [1.54, 1.807) is 18.3 Å². The summed E-state index contributed by atoms with van der Waals surface area (Å²) in [4.78, 5) is 25.5. The average Bonchev–Trinajstić information content (AvgIpc) is 3.11. The molecule has 0 radical (unpaired) electrons. The van der Waals surface area contributed by atoms with Crippen LogP contribution in [0.4, 0.5) is 17.5 Å². The average molecular weight is 360 g/mol. The number of halogens is 1. The Labute approximate surface area is 152 Å². The molecule has 25 heavy (non-hydrogen) atoms. The van der Waals surface area contributed by atoms with Gasteiger partial charge in [-0.25, -0.2) is 4.98 Å². The number of anilines is 3. The number of rotatable bonds is 5. The first kappa shape index (κ1) is 17.5. The molecular formula is C18H22ClN5O. The highest BCUT2D eigenvalue weighted by Gasteiger charge is 2.18. The molecule has 1 aromatic heterocycles. The molecule has 132 valence electrons. The maximum absolute atomic E-state index is 12.4. The third-order valence-electron chi connectivity index (χ3n) is 4.12. The van der Waals surface area contributed by atoms with Crippen molar-refractivity contribution in [2.24, 2.45) is 0 Å². The quantitative estimate of drug-likeness (QED) is 0.889. The topological polar surface area (TPSA) is 61.4 Å². The lowest BCUT2D eigenvalue weighted by atomic mass is 10.1. The largest absolute Gasteiger partial charge is 0.361 e. The SMILES string of the molecule is CN(C)c1nc(N2CCCC2)ncc1NC(=O)Cc1ccc(Cl)cc1. The van der Waals surface area contributed by atoms with E-state index in [0.29, 0.717) is 16.5 Å². The molecule has 1 fully saturated rings. The number of nitrogens with one attached hydrogen (secondary N) is 1. The lowest BCUT2D eigenvalue weighted by Crippen LogP contribution is -2.24. The summed E-state index contributed by atoms with van der Waals surface area (Å²) in [5, 5.41) is 3.57. The van der Waals surface area contributed by atoms with E-state index in [1.807, 2.05) is 31.1 Å². The first-order valence-electron chi connectivity index (χ1n) is 8.36. The van der Waals surface area contributed by atoms with Gasteiger partial charge in [-0.05, 0) is 30.5 Å². The highest BCUT2D eigenvalue weighted by Crippen LogP contribution is 2.25. The van der Waals surface area contributed by atoms with Crippen LogP contribution in [0.1, 0.15) is 18.4 Å². The van der Waals surface area contributed by atoms with E-state index in [1.165, 1.54) is 12.8 Å². The van der Waals surface area contributed by atoms with Gasteiger partial charge < -0.3 is 15.1 Å². The molecule has 3 rings (SSSR count). The fourth-order valence-corrected chi connectivity index (χ4v) is 2.97. The van der Waals surface area contributed by atoms with Gasteiger partial charge >= 0.3 is 0 Å². The van der Waals surface area contributed by atoms with Gasteiger partial charge in [0.1, 0.15) is 5.69 Å². The summed E-state index contributed by atoms with van der Waals surface area (Å²) in [5.74, 6) is 1.32. The van der Waals surface area contributed by atoms with Gasteiger partial charge in [-0.15, -0.1) is 0 Å². The lowest BCUT2D eigenvalue weighted by molar-refractivity contribution is -0.115. The van der Waals surface area contributed by atoms with E-state index in [0.717, 1.165) is 24.6 Å². The Morgan fingerprint density at radius 1 is 1.24 bits per heavy atom. The van der Waals surface area contributed by atoms with Crippen molar-refractivity contribution >= 4 is 35.0 Å². The normalized spacial score (nSPS) is 13.8. The number of carbonyl (C=O) groups is 1. The van der Waals surface area contributed by atoms with Gasteiger partial charge in [-0.2, -0.15) is 4.98 Å². The van der Waals surface area contributed by atoms with E-state index in [9.17, 15) is 4.79 Å². The maximum atomic E-state index is 12.4. The van der Waals surface area contributed by atoms with Crippen LogP contribution in [0.15, 0.2) is 30.5 Å². The van der Waals surface area contributed by atoms with Crippen molar-refractivity contribution in [3.05, 3.63) is 41.0 Å². The van der Waals surface area contributed by atoms with Crippen molar-refractivity contribution < 1.29 is 4.79 Å². The van der Waals surface area contributed by atoms with Crippen LogP contribution < -0.4 is 15.1 Å². The summed E-state index contributed by atoms with van der Waals surface area (Å²) in [6, 6.07) is 7.26. The van der Waals surface area contributed by atoms with Gasteiger partial charge in [0.25, 0.3) is 0 Å². The van der Waals surface area contributed by atoms with Gasteiger partial charge in [0.2, 0.25) is 11.9 Å². The molecule has 1 N–H and O–H groups in total. The zero-order chi connectivity index (χ0) is 17.8. The van der Waals surface area contributed by atoms with E-state index in [-0.39, 0.29) is 12.3 Å². The van der Waals surface area contributed by atoms with E-state index in [2.05, 4.69) is 20.2 Å². The third-order valence-corrected chi connectivity index (χ3v) is 4.37. The lowest BCUT2D eigenvalue weighted by Gasteiger charge is -2.21. The van der Waals surface area contributed by atoms with Crippen LogP contribution in [0.25, 0.3) is 0 Å². The summed E-state index contributed by atoms with van der Waals surface area (Å²) in [5.41, 5.74) is 1.52. The summed E-state index contributed by atoms with van der Waals surface area (Å²) in [6.07, 6.45) is 4.30. The predicted molar refractivity (Wildman–Crippen MR) is 102 cm³/mol. The number of aromatic nitrogens is 2. The minimum atomic E-state index is -0.108. The third kappa shape index (κ3) is 4.39. The van der Waals surface area contributed by atoms with Crippen LogP contribution in [-0.2, 0) is 11.2 Å². The second kappa shape index (κ2) is 7.70. The molecule has 2 heterocycles. The van der Waals surface area contributed by atoms with Crippen LogP contribution in [0.2, 0.25) is 5.02 Å². The van der Waals surface area contributed by atoms with E-state index in [4.69, 9.17) is 11.6 Å². The molecule has 0 atom stereocenters. The van der Waals surface area contributed by atoms with Crippen molar-refractivity contribution in [1.29, 1.82) is 0 Å². The van der Waals surface area contributed by atoms with Gasteiger partial charge in [0.05, 0.1) is 12.6 Å². The minimum Gasteiger partial charge on any atom is -0.361 e. The Balaban J connectivity index is 1.74. The van der Waals surface area contributed by atoms with Crippen molar-refractivity contribution in [1.82, 2.24) is 9.97 Å². The Morgan fingerprint density at radius 3 is 2.56 bits per heavy atom. The molecule has 1 aromatic carbocycles. The molecule has 1 aliphatic heterocycles. The number of hydrogen-bond donors (Lipinski definition) is 1. The van der Waals surface area contributed by atoms with Gasteiger partial charge in [-0.1, -0.05) is 23.7 Å². The number of benzene rings is 1. The molecule has 0 bridgehead atoms. The molecule has 1 saturated heterocycles. The number of nitrogens with zero attached hydrogens (tertiary/aromatic N) is 4. The second-order valence-corrected chi connectivity index (χ2v) is 6.78. The molecule has 6 nitrogen and oxygen atoms in total. The molecule has 1 amide bonds. The Morgan fingerprint density at radius 2 is 1.92 bits per heavy atom. The van der Waals surface area contributed by atoms with Crippen molar-refractivity contribution in [3.8, 4) is 0 Å². The summed E-state index contributed by atoms with van der Waals surface area (Å²) >= 11 is 5.88. The molecule has 7 heteroatoms. The number of carbonyl (C=O) groups excluding carboxylic acids is 1. The molecule has 0 spiro atoms. The van der Waals surface area contributed by atoms with Crippen LogP contribution >= 0.6 is 11.6 Å². The van der Waals surface area contributed by atoms with Crippen molar-refractivity contribution in [2.75, 3.05) is 42.3 Å². The van der Waals surface area contributed by atoms with Crippen molar-refractivity contribution in [2.45, 2.75) is 19.3 Å². The van der Waals surface area contributed by atoms with Gasteiger partial charge in [0.15, 0.2) is 5.82 Å². The highest BCUT2D eigenvalue weighted by molar-refractivity contribution is 6.30. The minimum absolute atomic E-state index is 0.108. The fourth-order valence-electron chi connectivity index (χ4n) is 2.84. The van der Waals surface area contributed by atoms with Crippen molar-refractivity contribution in [3.63, 3.8) is 0 Å². The van der Waals surface area contributed by atoms with Gasteiger partial charge in [-0.3, -0.25) is 4.79 Å². The molecule has 0 aliphatic carbocycles. The fraction of sp³-hybridized carbons (Fsp3) is 0.389. The van der Waals surface area contributed by atoms with E-state index < -0.39 is 0 Å². The predicted octanol–water partition coefficient (Wildman–Crippen LogP) is 2.98. The maximum Gasteiger partial charge on any atom is 0.228 e.